The zero-order valence-corrected chi connectivity index (χ0v) is 12.1. The van der Waals surface area contributed by atoms with Crippen LogP contribution < -0.4 is 14.8 Å². The zero-order chi connectivity index (χ0) is 15.0. The summed E-state index contributed by atoms with van der Waals surface area (Å²) in [5.41, 5.74) is 1.01. The molecule has 0 radical (unpaired) electrons. The molecule has 0 aromatic heterocycles. The number of rotatable bonds is 7. The van der Waals surface area contributed by atoms with Gasteiger partial charge in [0.1, 0.15) is 0 Å². The van der Waals surface area contributed by atoms with Crippen LogP contribution in [-0.2, 0) is 11.2 Å². The molecule has 0 saturated carbocycles. The first kappa shape index (κ1) is 15.8. The van der Waals surface area contributed by atoms with Crippen molar-refractivity contribution < 1.29 is 14.3 Å². The van der Waals surface area contributed by atoms with Crippen molar-refractivity contribution >= 4 is 5.91 Å². The van der Waals surface area contributed by atoms with Gasteiger partial charge in [-0.1, -0.05) is 6.07 Å². The molecule has 1 rings (SSSR count). The molecule has 0 aliphatic heterocycles. The third kappa shape index (κ3) is 4.81. The maximum absolute atomic E-state index is 11.6. The number of hydrogen-bond donors (Lipinski definition) is 1. The van der Waals surface area contributed by atoms with Crippen LogP contribution >= 0.6 is 0 Å². The first-order chi connectivity index (χ1) is 9.60. The summed E-state index contributed by atoms with van der Waals surface area (Å²) in [6.07, 6.45) is 1.00. The summed E-state index contributed by atoms with van der Waals surface area (Å²) in [6, 6.07) is 7.67. The Hall–Kier alpha value is -2.22. The number of methoxy groups -OCH3 is 2. The van der Waals surface area contributed by atoms with Crippen LogP contribution in [0.3, 0.4) is 0 Å². The first-order valence-corrected chi connectivity index (χ1v) is 6.48. The lowest BCUT2D eigenvalue weighted by molar-refractivity contribution is -0.121. The van der Waals surface area contributed by atoms with Gasteiger partial charge in [0.05, 0.1) is 26.2 Å². The van der Waals surface area contributed by atoms with E-state index in [0.29, 0.717) is 30.9 Å². The average Bonchev–Trinajstić information content (AvgIpc) is 2.49. The van der Waals surface area contributed by atoms with Gasteiger partial charge in [0.2, 0.25) is 5.91 Å². The van der Waals surface area contributed by atoms with Crippen molar-refractivity contribution in [3.63, 3.8) is 0 Å². The Morgan fingerprint density at radius 2 is 2.05 bits per heavy atom. The molecule has 1 aromatic carbocycles. The van der Waals surface area contributed by atoms with Gasteiger partial charge in [-0.15, -0.1) is 0 Å². The fourth-order valence-corrected chi connectivity index (χ4v) is 1.69. The molecule has 1 N–H and O–H groups in total. The van der Waals surface area contributed by atoms with Crippen molar-refractivity contribution in [2.75, 3.05) is 20.8 Å². The lowest BCUT2D eigenvalue weighted by atomic mass is 10.1. The van der Waals surface area contributed by atoms with Crippen molar-refractivity contribution in [2.24, 2.45) is 5.92 Å². The third-order valence-electron chi connectivity index (χ3n) is 2.91. The van der Waals surface area contributed by atoms with Gasteiger partial charge in [-0.3, -0.25) is 4.79 Å². The number of amides is 1. The van der Waals surface area contributed by atoms with Crippen molar-refractivity contribution in [1.29, 1.82) is 5.26 Å². The number of nitrogens with zero attached hydrogens (tertiary/aromatic N) is 1. The summed E-state index contributed by atoms with van der Waals surface area (Å²) in [7, 11) is 3.17. The summed E-state index contributed by atoms with van der Waals surface area (Å²) >= 11 is 0. The highest BCUT2D eigenvalue weighted by atomic mass is 16.5. The second-order valence-electron chi connectivity index (χ2n) is 4.52. The summed E-state index contributed by atoms with van der Waals surface area (Å²) in [5.74, 6) is 1.11. The molecule has 0 aliphatic carbocycles. The maximum Gasteiger partial charge on any atom is 0.220 e. The number of ether oxygens (including phenoxy) is 2. The number of carbonyl (C=O) groups excluding carboxylic acids is 1. The standard InChI is InChI=1S/C15H20N2O3/c1-11(9-16)10-17-15(18)7-5-12-4-6-13(19-2)14(8-12)20-3/h4,6,8,11H,5,7,10H2,1-3H3,(H,17,18)/t11-/m0/s1. The molecule has 0 unspecified atom stereocenters. The Morgan fingerprint density at radius 1 is 1.35 bits per heavy atom. The van der Waals surface area contributed by atoms with Gasteiger partial charge in [0, 0.05) is 13.0 Å². The Balaban J connectivity index is 2.49. The second-order valence-corrected chi connectivity index (χ2v) is 4.52. The Bertz CT molecular complexity index is 494. The van der Waals surface area contributed by atoms with Gasteiger partial charge < -0.3 is 14.8 Å². The molecule has 1 amide bonds. The zero-order valence-electron chi connectivity index (χ0n) is 12.1. The summed E-state index contributed by atoms with van der Waals surface area (Å²) in [4.78, 5) is 11.6. The Morgan fingerprint density at radius 3 is 2.65 bits per heavy atom. The molecule has 5 heteroatoms. The van der Waals surface area contributed by atoms with E-state index in [1.807, 2.05) is 18.2 Å². The molecule has 0 spiro atoms. The van der Waals surface area contributed by atoms with Crippen LogP contribution in [0.5, 0.6) is 11.5 Å². The molecule has 20 heavy (non-hydrogen) atoms. The molecule has 0 saturated heterocycles. The number of hydrogen-bond acceptors (Lipinski definition) is 4. The molecule has 0 aliphatic rings. The van der Waals surface area contributed by atoms with Gasteiger partial charge in [-0.05, 0) is 31.0 Å². The second kappa shape index (κ2) is 8.05. The smallest absolute Gasteiger partial charge is 0.220 e. The van der Waals surface area contributed by atoms with Crippen molar-refractivity contribution in [2.45, 2.75) is 19.8 Å². The first-order valence-electron chi connectivity index (χ1n) is 6.48. The largest absolute Gasteiger partial charge is 0.493 e. The molecule has 0 bridgehead atoms. The number of carbonyl (C=O) groups is 1. The fraction of sp³-hybridized carbons (Fsp3) is 0.467. The monoisotopic (exact) mass is 276 g/mol. The Labute approximate surface area is 119 Å². The van der Waals surface area contributed by atoms with Crippen molar-refractivity contribution in [1.82, 2.24) is 5.32 Å². The lowest BCUT2D eigenvalue weighted by Gasteiger charge is -2.10. The van der Waals surface area contributed by atoms with E-state index in [2.05, 4.69) is 11.4 Å². The van der Waals surface area contributed by atoms with Crippen LogP contribution in [0, 0.1) is 17.2 Å². The van der Waals surface area contributed by atoms with E-state index in [4.69, 9.17) is 14.7 Å². The number of nitriles is 1. The molecule has 1 aromatic rings. The summed E-state index contributed by atoms with van der Waals surface area (Å²) in [5, 5.41) is 11.4. The highest BCUT2D eigenvalue weighted by molar-refractivity contribution is 5.76. The van der Waals surface area contributed by atoms with E-state index < -0.39 is 0 Å². The van der Waals surface area contributed by atoms with E-state index in [1.165, 1.54) is 0 Å². The Kier molecular flexibility index (Phi) is 6.38. The normalized spacial score (nSPS) is 11.3. The number of aryl methyl sites for hydroxylation is 1. The van der Waals surface area contributed by atoms with Crippen LogP contribution in [0.1, 0.15) is 18.9 Å². The summed E-state index contributed by atoms with van der Waals surface area (Å²) < 4.78 is 10.4. The minimum atomic E-state index is -0.167. The quantitative estimate of drug-likeness (QED) is 0.825. The number of benzene rings is 1. The molecule has 1 atom stereocenters. The highest BCUT2D eigenvalue weighted by Gasteiger charge is 2.08. The van der Waals surface area contributed by atoms with Crippen LogP contribution in [0.4, 0.5) is 0 Å². The van der Waals surface area contributed by atoms with E-state index >= 15 is 0 Å². The van der Waals surface area contributed by atoms with Gasteiger partial charge >= 0.3 is 0 Å². The van der Waals surface area contributed by atoms with Gasteiger partial charge in [-0.25, -0.2) is 0 Å². The maximum atomic E-state index is 11.6. The summed E-state index contributed by atoms with van der Waals surface area (Å²) in [6.45, 7) is 2.16. The molecule has 5 nitrogen and oxygen atoms in total. The van der Waals surface area contributed by atoms with Crippen LogP contribution in [0.15, 0.2) is 18.2 Å². The van der Waals surface area contributed by atoms with Crippen LogP contribution in [0.2, 0.25) is 0 Å². The average molecular weight is 276 g/mol. The third-order valence-corrected chi connectivity index (χ3v) is 2.91. The lowest BCUT2D eigenvalue weighted by Crippen LogP contribution is -2.27. The van der Waals surface area contributed by atoms with E-state index in [1.54, 1.807) is 21.1 Å². The van der Waals surface area contributed by atoms with Crippen LogP contribution in [0.25, 0.3) is 0 Å². The van der Waals surface area contributed by atoms with E-state index in [0.717, 1.165) is 5.56 Å². The predicted octanol–water partition coefficient (Wildman–Crippen LogP) is 1.91. The highest BCUT2D eigenvalue weighted by Crippen LogP contribution is 2.27. The van der Waals surface area contributed by atoms with Crippen molar-refractivity contribution in [3.05, 3.63) is 23.8 Å². The number of nitrogens with one attached hydrogen (secondary N) is 1. The molecule has 108 valence electrons. The minimum Gasteiger partial charge on any atom is -0.493 e. The fourth-order valence-electron chi connectivity index (χ4n) is 1.69. The minimum absolute atomic E-state index is 0.0538. The van der Waals surface area contributed by atoms with Crippen molar-refractivity contribution in [3.8, 4) is 17.6 Å². The van der Waals surface area contributed by atoms with Gasteiger partial charge in [0.15, 0.2) is 11.5 Å². The SMILES string of the molecule is COc1ccc(CCC(=O)NC[C@@H](C)C#N)cc1OC. The molecular weight excluding hydrogens is 256 g/mol. The molecule has 0 fully saturated rings. The molecular formula is C15H20N2O3. The van der Waals surface area contributed by atoms with Gasteiger partial charge in [0.25, 0.3) is 0 Å². The van der Waals surface area contributed by atoms with E-state index in [9.17, 15) is 4.79 Å². The van der Waals surface area contributed by atoms with Crippen LogP contribution in [-0.4, -0.2) is 26.7 Å². The topological polar surface area (TPSA) is 71.3 Å². The van der Waals surface area contributed by atoms with E-state index in [-0.39, 0.29) is 11.8 Å². The molecule has 0 heterocycles. The predicted molar refractivity (Wildman–Crippen MR) is 75.7 cm³/mol. The van der Waals surface area contributed by atoms with Gasteiger partial charge in [-0.2, -0.15) is 5.26 Å².